The van der Waals surface area contributed by atoms with Gasteiger partial charge in [-0.25, -0.2) is 0 Å². The number of carbonyl (C=O) groups excluding carboxylic acids is 2. The van der Waals surface area contributed by atoms with E-state index in [1.807, 2.05) is 12.1 Å². The summed E-state index contributed by atoms with van der Waals surface area (Å²) < 4.78 is 5.93. The van der Waals surface area contributed by atoms with Gasteiger partial charge in [-0.05, 0) is 49.8 Å². The van der Waals surface area contributed by atoms with Crippen molar-refractivity contribution in [2.75, 3.05) is 13.2 Å². The molecule has 1 saturated heterocycles. The van der Waals surface area contributed by atoms with Crippen molar-refractivity contribution < 1.29 is 19.4 Å². The van der Waals surface area contributed by atoms with Gasteiger partial charge >= 0.3 is 0 Å². The molecular weight excluding hydrogens is 334 g/mol. The Balaban J connectivity index is 1.36. The number of amides is 2. The molecule has 0 bridgehead atoms. The first-order valence-electron chi connectivity index (χ1n) is 9.38. The molecule has 1 aliphatic carbocycles. The van der Waals surface area contributed by atoms with E-state index in [0.29, 0.717) is 19.4 Å². The van der Waals surface area contributed by atoms with Crippen molar-refractivity contribution in [1.82, 2.24) is 15.6 Å². The average Bonchev–Trinajstić information content (AvgIpc) is 3.49. The Morgan fingerprint density at radius 3 is 2.65 bits per heavy atom. The Morgan fingerprint density at radius 1 is 1.19 bits per heavy atom. The molecule has 1 aromatic heterocycles. The Kier molecular flexibility index (Phi) is 6.57. The summed E-state index contributed by atoms with van der Waals surface area (Å²) in [5.74, 6) is 0.210. The molecule has 26 heavy (non-hydrogen) atoms. The van der Waals surface area contributed by atoms with Crippen LogP contribution in [0.5, 0.6) is 0 Å². The Bertz CT molecular complexity index is 606. The molecule has 0 aromatic carbocycles. The van der Waals surface area contributed by atoms with Gasteiger partial charge in [-0.2, -0.15) is 0 Å². The lowest BCUT2D eigenvalue weighted by Crippen LogP contribution is -2.51. The minimum absolute atomic E-state index is 0.0116. The van der Waals surface area contributed by atoms with E-state index in [9.17, 15) is 14.7 Å². The third-order valence-electron chi connectivity index (χ3n) is 4.97. The van der Waals surface area contributed by atoms with Crippen molar-refractivity contribution in [1.29, 1.82) is 0 Å². The standard InChI is InChI=1S/C19H27N3O4/c23-12-17-16(22-19(25)14-1-2-14)4-3-15(26-17)7-10-21-18(24)11-13-5-8-20-9-6-13/h5-6,8-9,14-17,23H,1-4,7,10-12H2,(H,21,24)(H,22,25)/t15-,16-,17-/m0/s1. The van der Waals surface area contributed by atoms with E-state index in [0.717, 1.165) is 31.2 Å². The maximum atomic E-state index is 12.0. The predicted molar refractivity (Wildman–Crippen MR) is 95.2 cm³/mol. The first kappa shape index (κ1) is 18.8. The third-order valence-corrected chi connectivity index (χ3v) is 4.97. The molecule has 2 amide bonds. The van der Waals surface area contributed by atoms with Gasteiger partial charge in [0.25, 0.3) is 0 Å². The van der Waals surface area contributed by atoms with Crippen LogP contribution < -0.4 is 10.6 Å². The molecule has 3 N–H and O–H groups in total. The SMILES string of the molecule is O=C(Cc1ccncc1)NCC[C@@H]1CC[C@H](NC(=O)C2CC2)[C@H](CO)O1. The van der Waals surface area contributed by atoms with Gasteiger partial charge in [-0.1, -0.05) is 0 Å². The average molecular weight is 361 g/mol. The van der Waals surface area contributed by atoms with E-state index < -0.39 is 0 Å². The highest BCUT2D eigenvalue weighted by molar-refractivity contribution is 5.81. The van der Waals surface area contributed by atoms with Crippen LogP contribution in [0.2, 0.25) is 0 Å². The maximum Gasteiger partial charge on any atom is 0.224 e. The van der Waals surface area contributed by atoms with Crippen LogP contribution in [0.4, 0.5) is 0 Å². The van der Waals surface area contributed by atoms with Crippen LogP contribution in [0.15, 0.2) is 24.5 Å². The highest BCUT2D eigenvalue weighted by Gasteiger charge is 2.36. The number of carbonyl (C=O) groups is 2. The normalized spacial score (nSPS) is 25.5. The molecule has 0 spiro atoms. The minimum atomic E-state index is -0.371. The number of aliphatic hydroxyl groups excluding tert-OH is 1. The fraction of sp³-hybridized carbons (Fsp3) is 0.632. The zero-order valence-electron chi connectivity index (χ0n) is 14.9. The summed E-state index contributed by atoms with van der Waals surface area (Å²) in [4.78, 5) is 27.8. The molecule has 1 aromatic rings. The molecular formula is C19H27N3O4. The second kappa shape index (κ2) is 9.09. The molecule has 0 unspecified atom stereocenters. The van der Waals surface area contributed by atoms with Crippen molar-refractivity contribution in [3.05, 3.63) is 30.1 Å². The number of aromatic nitrogens is 1. The molecule has 7 nitrogen and oxygen atoms in total. The molecule has 1 saturated carbocycles. The van der Waals surface area contributed by atoms with Gasteiger partial charge < -0.3 is 20.5 Å². The quantitative estimate of drug-likeness (QED) is 0.628. The highest BCUT2D eigenvalue weighted by Crippen LogP contribution is 2.30. The smallest absolute Gasteiger partial charge is 0.224 e. The fourth-order valence-corrected chi connectivity index (χ4v) is 3.28. The number of ether oxygens (including phenoxy) is 1. The lowest BCUT2D eigenvalue weighted by molar-refractivity contribution is -0.130. The molecule has 7 heteroatoms. The first-order chi connectivity index (χ1) is 12.7. The van der Waals surface area contributed by atoms with Crippen molar-refractivity contribution in [3.63, 3.8) is 0 Å². The Labute approximate surface area is 153 Å². The van der Waals surface area contributed by atoms with E-state index >= 15 is 0 Å². The molecule has 2 aliphatic rings. The fourth-order valence-electron chi connectivity index (χ4n) is 3.28. The summed E-state index contributed by atoms with van der Waals surface area (Å²) in [6, 6.07) is 3.53. The minimum Gasteiger partial charge on any atom is -0.394 e. The zero-order valence-corrected chi connectivity index (χ0v) is 14.9. The number of rotatable bonds is 8. The van der Waals surface area contributed by atoms with Gasteiger partial charge in [-0.3, -0.25) is 14.6 Å². The van der Waals surface area contributed by atoms with E-state index in [1.54, 1.807) is 12.4 Å². The Morgan fingerprint density at radius 2 is 1.96 bits per heavy atom. The largest absolute Gasteiger partial charge is 0.394 e. The summed E-state index contributed by atoms with van der Waals surface area (Å²) >= 11 is 0. The van der Waals surface area contributed by atoms with Crippen molar-refractivity contribution in [2.24, 2.45) is 5.92 Å². The summed E-state index contributed by atoms with van der Waals surface area (Å²) in [6.07, 6.45) is 7.52. The van der Waals surface area contributed by atoms with E-state index in [-0.39, 0.29) is 42.6 Å². The van der Waals surface area contributed by atoms with Gasteiger partial charge in [0.15, 0.2) is 0 Å². The molecule has 2 fully saturated rings. The second-order valence-electron chi connectivity index (χ2n) is 7.12. The third kappa shape index (κ3) is 5.51. The van der Waals surface area contributed by atoms with Crippen LogP contribution in [0.25, 0.3) is 0 Å². The number of hydrogen-bond donors (Lipinski definition) is 3. The van der Waals surface area contributed by atoms with Gasteiger partial charge in [0, 0.05) is 24.9 Å². The second-order valence-corrected chi connectivity index (χ2v) is 7.12. The monoisotopic (exact) mass is 361 g/mol. The van der Waals surface area contributed by atoms with Gasteiger partial charge in [0.05, 0.1) is 25.2 Å². The molecule has 3 atom stereocenters. The zero-order chi connectivity index (χ0) is 18.4. The van der Waals surface area contributed by atoms with Crippen LogP contribution in [0.1, 0.15) is 37.7 Å². The van der Waals surface area contributed by atoms with Crippen LogP contribution >= 0.6 is 0 Å². The lowest BCUT2D eigenvalue weighted by Gasteiger charge is -2.36. The molecule has 3 rings (SSSR count). The number of nitrogens with one attached hydrogen (secondary N) is 2. The van der Waals surface area contributed by atoms with Crippen molar-refractivity contribution in [2.45, 2.75) is 56.8 Å². The van der Waals surface area contributed by atoms with Crippen LogP contribution in [-0.2, 0) is 20.7 Å². The van der Waals surface area contributed by atoms with Gasteiger partial charge in [0.2, 0.25) is 11.8 Å². The summed E-state index contributed by atoms with van der Waals surface area (Å²) in [5, 5.41) is 15.5. The van der Waals surface area contributed by atoms with Crippen LogP contribution in [0.3, 0.4) is 0 Å². The topological polar surface area (TPSA) is 101 Å². The van der Waals surface area contributed by atoms with E-state index in [2.05, 4.69) is 15.6 Å². The van der Waals surface area contributed by atoms with E-state index in [4.69, 9.17) is 4.74 Å². The number of aliphatic hydroxyl groups is 1. The van der Waals surface area contributed by atoms with Gasteiger partial charge in [-0.15, -0.1) is 0 Å². The first-order valence-corrected chi connectivity index (χ1v) is 9.38. The lowest BCUT2D eigenvalue weighted by atomic mass is 9.97. The Hall–Kier alpha value is -1.99. The predicted octanol–water partition coefficient (Wildman–Crippen LogP) is 0.565. The van der Waals surface area contributed by atoms with Crippen molar-refractivity contribution in [3.8, 4) is 0 Å². The summed E-state index contributed by atoms with van der Waals surface area (Å²) in [7, 11) is 0. The number of hydrogen-bond acceptors (Lipinski definition) is 5. The van der Waals surface area contributed by atoms with E-state index in [1.165, 1.54) is 0 Å². The molecule has 142 valence electrons. The highest BCUT2D eigenvalue weighted by atomic mass is 16.5. The van der Waals surface area contributed by atoms with Gasteiger partial charge in [0.1, 0.15) is 6.10 Å². The number of nitrogens with zero attached hydrogens (tertiary/aromatic N) is 1. The van der Waals surface area contributed by atoms with Crippen LogP contribution in [0, 0.1) is 5.92 Å². The molecule has 0 radical (unpaired) electrons. The maximum absolute atomic E-state index is 12.0. The number of pyridine rings is 1. The summed E-state index contributed by atoms with van der Waals surface area (Å²) in [5.41, 5.74) is 0.931. The molecule has 1 aliphatic heterocycles. The van der Waals surface area contributed by atoms with Crippen LogP contribution in [-0.4, -0.2) is 53.3 Å². The molecule has 2 heterocycles. The van der Waals surface area contributed by atoms with Crippen molar-refractivity contribution >= 4 is 11.8 Å². The summed E-state index contributed by atoms with van der Waals surface area (Å²) in [6.45, 7) is 0.423.